The second-order valence-electron chi connectivity index (χ2n) is 6.19. The van der Waals surface area contributed by atoms with Gasteiger partial charge in [-0.3, -0.25) is 4.98 Å². The quantitative estimate of drug-likeness (QED) is 0.715. The normalized spacial score (nSPS) is 12.7. The highest BCUT2D eigenvalue weighted by molar-refractivity contribution is 5.37. The molecule has 0 fully saturated rings. The molecule has 0 bridgehead atoms. The minimum Gasteiger partial charge on any atom is -0.353 e. The van der Waals surface area contributed by atoms with Crippen molar-refractivity contribution in [2.75, 3.05) is 18.0 Å². The van der Waals surface area contributed by atoms with Crippen LogP contribution in [0.3, 0.4) is 0 Å². The van der Waals surface area contributed by atoms with Gasteiger partial charge in [0.2, 0.25) is 0 Å². The molecule has 1 N–H and O–H groups in total. The average molecular weight is 292 g/mol. The molecule has 0 saturated heterocycles. The van der Waals surface area contributed by atoms with Crippen molar-refractivity contribution in [3.05, 3.63) is 18.1 Å². The van der Waals surface area contributed by atoms with E-state index in [1.54, 1.807) is 0 Å². The zero-order valence-electron chi connectivity index (χ0n) is 14.4. The Balaban J connectivity index is 2.64. The first-order valence-corrected chi connectivity index (χ1v) is 8.36. The number of aromatic nitrogens is 2. The number of anilines is 1. The minimum atomic E-state index is 0.510. The molecule has 0 radical (unpaired) electrons. The van der Waals surface area contributed by atoms with Gasteiger partial charge < -0.3 is 10.2 Å². The van der Waals surface area contributed by atoms with Gasteiger partial charge in [-0.15, -0.1) is 0 Å². The number of hydrogen-bond donors (Lipinski definition) is 1. The zero-order chi connectivity index (χ0) is 15.7. The lowest BCUT2D eigenvalue weighted by molar-refractivity contribution is 0.546. The summed E-state index contributed by atoms with van der Waals surface area (Å²) in [6.07, 6.45) is 7.36. The summed E-state index contributed by atoms with van der Waals surface area (Å²) in [5.74, 6) is 1.66. The van der Waals surface area contributed by atoms with Crippen LogP contribution in [-0.2, 0) is 6.54 Å². The predicted octanol–water partition coefficient (Wildman–Crippen LogP) is 3.63. The second kappa shape index (κ2) is 9.72. The fourth-order valence-electron chi connectivity index (χ4n) is 2.19. The highest BCUT2D eigenvalue weighted by Crippen LogP contribution is 2.16. The SMILES string of the molecule is CCCCN(c1cnc(CNCC(C)C)cn1)C(C)CC. The third kappa shape index (κ3) is 6.42. The van der Waals surface area contributed by atoms with E-state index in [0.29, 0.717) is 12.0 Å². The Kier molecular flexibility index (Phi) is 8.28. The monoisotopic (exact) mass is 292 g/mol. The standard InChI is InChI=1S/C17H32N4/c1-6-8-9-21(15(5)7-2)17-13-19-16(12-20-17)11-18-10-14(3)4/h12-15,18H,6-11H2,1-5H3. The van der Waals surface area contributed by atoms with Gasteiger partial charge in [0.05, 0.1) is 18.1 Å². The maximum absolute atomic E-state index is 4.62. The summed E-state index contributed by atoms with van der Waals surface area (Å²) in [7, 11) is 0. The van der Waals surface area contributed by atoms with E-state index in [-0.39, 0.29) is 0 Å². The lowest BCUT2D eigenvalue weighted by atomic mass is 10.2. The van der Waals surface area contributed by atoms with Crippen molar-refractivity contribution < 1.29 is 0 Å². The van der Waals surface area contributed by atoms with Gasteiger partial charge in [0.1, 0.15) is 5.82 Å². The van der Waals surface area contributed by atoms with E-state index >= 15 is 0 Å². The van der Waals surface area contributed by atoms with Crippen LogP contribution < -0.4 is 10.2 Å². The molecule has 1 unspecified atom stereocenters. The second-order valence-corrected chi connectivity index (χ2v) is 6.19. The van der Waals surface area contributed by atoms with E-state index in [1.165, 1.54) is 12.8 Å². The third-order valence-corrected chi connectivity index (χ3v) is 3.72. The first-order valence-electron chi connectivity index (χ1n) is 8.36. The summed E-state index contributed by atoms with van der Waals surface area (Å²) < 4.78 is 0. The molecule has 1 aromatic rings. The topological polar surface area (TPSA) is 41.1 Å². The number of nitrogens with one attached hydrogen (secondary N) is 1. The Morgan fingerprint density at radius 2 is 1.90 bits per heavy atom. The Bertz CT molecular complexity index is 375. The van der Waals surface area contributed by atoms with Crippen molar-refractivity contribution in [1.29, 1.82) is 0 Å². The molecule has 0 amide bonds. The van der Waals surface area contributed by atoms with Crippen molar-refractivity contribution in [1.82, 2.24) is 15.3 Å². The largest absolute Gasteiger partial charge is 0.353 e. The average Bonchev–Trinajstić information content (AvgIpc) is 2.48. The van der Waals surface area contributed by atoms with Gasteiger partial charge in [-0.2, -0.15) is 0 Å². The molecule has 0 saturated carbocycles. The minimum absolute atomic E-state index is 0.510. The van der Waals surface area contributed by atoms with Crippen molar-refractivity contribution in [2.45, 2.75) is 66.5 Å². The van der Waals surface area contributed by atoms with E-state index in [4.69, 9.17) is 0 Å². The molecule has 0 aliphatic carbocycles. The number of unbranched alkanes of at least 4 members (excludes halogenated alkanes) is 1. The molecule has 1 atom stereocenters. The maximum Gasteiger partial charge on any atom is 0.147 e. The van der Waals surface area contributed by atoms with Crippen LogP contribution in [-0.4, -0.2) is 29.1 Å². The van der Waals surface area contributed by atoms with Gasteiger partial charge in [-0.1, -0.05) is 34.1 Å². The summed E-state index contributed by atoms with van der Waals surface area (Å²) in [4.78, 5) is 11.6. The number of hydrogen-bond acceptors (Lipinski definition) is 4. The third-order valence-electron chi connectivity index (χ3n) is 3.72. The Morgan fingerprint density at radius 1 is 1.14 bits per heavy atom. The van der Waals surface area contributed by atoms with E-state index in [2.05, 4.69) is 54.8 Å². The summed E-state index contributed by atoms with van der Waals surface area (Å²) in [6.45, 7) is 14.0. The van der Waals surface area contributed by atoms with E-state index < -0.39 is 0 Å². The van der Waals surface area contributed by atoms with Gasteiger partial charge in [0.15, 0.2) is 0 Å². The summed E-state index contributed by atoms with van der Waals surface area (Å²) in [5, 5.41) is 3.40. The molecule has 1 heterocycles. The van der Waals surface area contributed by atoms with Gasteiger partial charge in [-0.05, 0) is 32.2 Å². The lowest BCUT2D eigenvalue weighted by Crippen LogP contribution is -2.34. The molecular formula is C17H32N4. The molecule has 120 valence electrons. The lowest BCUT2D eigenvalue weighted by Gasteiger charge is -2.29. The van der Waals surface area contributed by atoms with Crippen LogP contribution in [0.4, 0.5) is 5.82 Å². The van der Waals surface area contributed by atoms with Crippen molar-refractivity contribution in [2.24, 2.45) is 5.92 Å². The molecular weight excluding hydrogens is 260 g/mol. The highest BCUT2D eigenvalue weighted by Gasteiger charge is 2.14. The van der Waals surface area contributed by atoms with Crippen LogP contribution in [0.25, 0.3) is 0 Å². The Hall–Kier alpha value is -1.16. The van der Waals surface area contributed by atoms with Crippen molar-refractivity contribution >= 4 is 5.82 Å². The first kappa shape index (κ1) is 17.9. The zero-order valence-corrected chi connectivity index (χ0v) is 14.4. The van der Waals surface area contributed by atoms with Crippen LogP contribution in [0.1, 0.15) is 59.6 Å². The smallest absolute Gasteiger partial charge is 0.147 e. The fraction of sp³-hybridized carbons (Fsp3) is 0.765. The molecule has 0 aromatic carbocycles. The predicted molar refractivity (Wildman–Crippen MR) is 90.6 cm³/mol. The van der Waals surface area contributed by atoms with E-state index in [0.717, 1.165) is 37.6 Å². The molecule has 0 aliphatic heterocycles. The maximum atomic E-state index is 4.62. The molecule has 1 aromatic heterocycles. The molecule has 21 heavy (non-hydrogen) atoms. The van der Waals surface area contributed by atoms with E-state index in [1.807, 2.05) is 12.4 Å². The summed E-state index contributed by atoms with van der Waals surface area (Å²) in [5.41, 5.74) is 1.01. The number of nitrogens with zero attached hydrogens (tertiary/aromatic N) is 3. The Morgan fingerprint density at radius 3 is 2.43 bits per heavy atom. The first-order chi connectivity index (χ1) is 10.1. The van der Waals surface area contributed by atoms with E-state index in [9.17, 15) is 0 Å². The van der Waals surface area contributed by atoms with Gasteiger partial charge >= 0.3 is 0 Å². The van der Waals surface area contributed by atoms with Gasteiger partial charge in [0.25, 0.3) is 0 Å². The Labute approximate surface area is 130 Å². The van der Waals surface area contributed by atoms with Crippen LogP contribution in [0, 0.1) is 5.92 Å². The van der Waals surface area contributed by atoms with Crippen molar-refractivity contribution in [3.63, 3.8) is 0 Å². The molecule has 4 nitrogen and oxygen atoms in total. The molecule has 0 spiro atoms. The van der Waals surface area contributed by atoms with Crippen LogP contribution >= 0.6 is 0 Å². The summed E-state index contributed by atoms with van der Waals surface area (Å²) in [6, 6.07) is 0.510. The molecule has 0 aliphatic rings. The molecule has 4 heteroatoms. The van der Waals surface area contributed by atoms with Crippen LogP contribution in [0.5, 0.6) is 0 Å². The molecule has 1 rings (SSSR count). The van der Waals surface area contributed by atoms with Gasteiger partial charge in [0, 0.05) is 19.1 Å². The summed E-state index contributed by atoms with van der Waals surface area (Å²) >= 11 is 0. The van der Waals surface area contributed by atoms with Gasteiger partial charge in [-0.25, -0.2) is 4.98 Å². The highest BCUT2D eigenvalue weighted by atomic mass is 15.2. The van der Waals surface area contributed by atoms with Crippen LogP contribution in [0.15, 0.2) is 12.4 Å². The van der Waals surface area contributed by atoms with Crippen LogP contribution in [0.2, 0.25) is 0 Å². The fourth-order valence-corrected chi connectivity index (χ4v) is 2.19. The number of rotatable bonds is 10. The van der Waals surface area contributed by atoms with Crippen molar-refractivity contribution in [3.8, 4) is 0 Å².